The van der Waals surface area contributed by atoms with Gasteiger partial charge in [0.05, 0.1) is 6.26 Å². The van der Waals surface area contributed by atoms with Crippen LogP contribution in [0, 0.1) is 5.92 Å². The standard InChI is InChI=1S/C9H17N3O5S2/c1-5-6(2)7(12-19(4,15)16)8-10-11-9(17-8)18(3,13)14/h6-7,12H,5H2,1-4H3/t6-,7+/m1/s1. The summed E-state index contributed by atoms with van der Waals surface area (Å²) in [5.74, 6) is -0.178. The molecule has 0 aliphatic heterocycles. The van der Waals surface area contributed by atoms with Crippen molar-refractivity contribution >= 4 is 19.9 Å². The fourth-order valence-corrected chi connectivity index (χ4v) is 2.59. The van der Waals surface area contributed by atoms with Crippen LogP contribution in [0.1, 0.15) is 32.2 Å². The largest absolute Gasteiger partial charge is 0.411 e. The molecule has 1 N–H and O–H groups in total. The molecule has 0 unspecified atom stereocenters. The predicted octanol–water partition coefficient (Wildman–Crippen LogP) is 0.110. The van der Waals surface area contributed by atoms with Crippen molar-refractivity contribution in [3.63, 3.8) is 0 Å². The van der Waals surface area contributed by atoms with Gasteiger partial charge in [-0.1, -0.05) is 25.4 Å². The molecule has 0 aromatic carbocycles. The molecule has 1 aromatic heterocycles. The Balaban J connectivity index is 3.15. The second-order valence-corrected chi connectivity index (χ2v) is 8.11. The maximum Gasteiger partial charge on any atom is 0.335 e. The van der Waals surface area contributed by atoms with E-state index in [2.05, 4.69) is 14.9 Å². The van der Waals surface area contributed by atoms with Gasteiger partial charge in [-0.15, -0.1) is 5.10 Å². The first kappa shape index (κ1) is 16.1. The summed E-state index contributed by atoms with van der Waals surface area (Å²) in [5, 5.41) is 6.51. The molecule has 0 fully saturated rings. The second-order valence-electron chi connectivity index (χ2n) is 4.43. The van der Waals surface area contributed by atoms with Crippen molar-refractivity contribution in [1.29, 1.82) is 0 Å². The van der Waals surface area contributed by atoms with Crippen molar-refractivity contribution in [3.05, 3.63) is 5.89 Å². The van der Waals surface area contributed by atoms with Crippen molar-refractivity contribution in [2.75, 3.05) is 12.5 Å². The minimum atomic E-state index is -3.61. The Hall–Kier alpha value is -1.00. The lowest BCUT2D eigenvalue weighted by Gasteiger charge is -2.19. The van der Waals surface area contributed by atoms with Crippen LogP contribution >= 0.6 is 0 Å². The van der Waals surface area contributed by atoms with Crippen molar-refractivity contribution in [2.24, 2.45) is 5.92 Å². The Morgan fingerprint density at radius 3 is 2.16 bits per heavy atom. The highest BCUT2D eigenvalue weighted by molar-refractivity contribution is 7.90. The Labute approximate surface area is 112 Å². The zero-order chi connectivity index (χ0) is 14.8. The maximum absolute atomic E-state index is 11.3. The number of rotatable bonds is 6. The molecule has 10 heteroatoms. The third-order valence-corrected chi connectivity index (χ3v) is 4.04. The highest BCUT2D eigenvalue weighted by Crippen LogP contribution is 2.25. The zero-order valence-corrected chi connectivity index (χ0v) is 12.7. The van der Waals surface area contributed by atoms with E-state index in [9.17, 15) is 16.8 Å². The van der Waals surface area contributed by atoms with Gasteiger partial charge in [-0.2, -0.15) is 0 Å². The van der Waals surface area contributed by atoms with Crippen LogP contribution < -0.4 is 4.72 Å². The van der Waals surface area contributed by atoms with E-state index in [0.29, 0.717) is 6.42 Å². The topological polar surface area (TPSA) is 119 Å². The quantitative estimate of drug-likeness (QED) is 0.791. The summed E-state index contributed by atoms with van der Waals surface area (Å²) in [7, 11) is -7.09. The van der Waals surface area contributed by atoms with Gasteiger partial charge in [0, 0.05) is 6.26 Å². The van der Waals surface area contributed by atoms with Crippen molar-refractivity contribution in [2.45, 2.75) is 31.5 Å². The van der Waals surface area contributed by atoms with Gasteiger partial charge in [-0.3, -0.25) is 0 Å². The molecule has 0 bridgehead atoms. The first-order valence-corrected chi connectivity index (χ1v) is 9.33. The van der Waals surface area contributed by atoms with Crippen LogP contribution in [0.2, 0.25) is 0 Å². The molecule has 19 heavy (non-hydrogen) atoms. The summed E-state index contributed by atoms with van der Waals surface area (Å²) >= 11 is 0. The first-order chi connectivity index (χ1) is 8.54. The van der Waals surface area contributed by atoms with E-state index >= 15 is 0 Å². The Kier molecular flexibility index (Phi) is 4.69. The molecule has 1 heterocycles. The van der Waals surface area contributed by atoms with E-state index in [4.69, 9.17) is 4.42 Å². The number of nitrogens with one attached hydrogen (secondary N) is 1. The van der Waals surface area contributed by atoms with E-state index in [1.807, 2.05) is 6.92 Å². The van der Waals surface area contributed by atoms with Crippen LogP contribution in [0.5, 0.6) is 0 Å². The molecule has 0 aliphatic carbocycles. The van der Waals surface area contributed by atoms with E-state index in [-0.39, 0.29) is 11.8 Å². The molecule has 0 radical (unpaired) electrons. The predicted molar refractivity (Wildman–Crippen MR) is 67.6 cm³/mol. The van der Waals surface area contributed by atoms with E-state index < -0.39 is 31.1 Å². The monoisotopic (exact) mass is 311 g/mol. The molecule has 0 saturated carbocycles. The average Bonchev–Trinajstić information content (AvgIpc) is 2.72. The van der Waals surface area contributed by atoms with Crippen molar-refractivity contribution in [3.8, 4) is 0 Å². The summed E-state index contributed by atoms with van der Waals surface area (Å²) in [6.07, 6.45) is 2.60. The fraction of sp³-hybridized carbons (Fsp3) is 0.778. The van der Waals surface area contributed by atoms with Crippen LogP contribution in [0.15, 0.2) is 9.64 Å². The molecule has 0 spiro atoms. The summed E-state index contributed by atoms with van der Waals surface area (Å²) in [5.41, 5.74) is 0. The van der Waals surface area contributed by atoms with Gasteiger partial charge >= 0.3 is 5.22 Å². The Bertz CT molecular complexity index is 635. The number of sulfonamides is 1. The third kappa shape index (κ3) is 4.55. The Morgan fingerprint density at radius 2 is 1.79 bits per heavy atom. The first-order valence-electron chi connectivity index (χ1n) is 5.55. The van der Waals surface area contributed by atoms with E-state index in [1.54, 1.807) is 6.92 Å². The summed E-state index contributed by atoms with van der Waals surface area (Å²) in [6.45, 7) is 3.67. The van der Waals surface area contributed by atoms with Crippen molar-refractivity contribution in [1.82, 2.24) is 14.9 Å². The fourth-order valence-electron chi connectivity index (χ4n) is 1.37. The number of hydrogen-bond donors (Lipinski definition) is 1. The number of hydrogen-bond acceptors (Lipinski definition) is 7. The van der Waals surface area contributed by atoms with Gasteiger partial charge in [-0.05, 0) is 5.92 Å². The molecule has 0 saturated heterocycles. The highest BCUT2D eigenvalue weighted by Gasteiger charge is 2.28. The summed E-state index contributed by atoms with van der Waals surface area (Å²) in [4.78, 5) is 0. The summed E-state index contributed by atoms with van der Waals surface area (Å²) < 4.78 is 52.6. The molecule has 2 atom stereocenters. The van der Waals surface area contributed by atoms with Gasteiger partial charge in [0.15, 0.2) is 0 Å². The van der Waals surface area contributed by atoms with E-state index in [1.165, 1.54) is 0 Å². The minimum absolute atomic E-state index is 0.0554. The van der Waals surface area contributed by atoms with Gasteiger partial charge in [0.2, 0.25) is 25.8 Å². The lowest BCUT2D eigenvalue weighted by molar-refractivity contribution is 0.312. The lowest BCUT2D eigenvalue weighted by Crippen LogP contribution is -2.31. The minimum Gasteiger partial charge on any atom is -0.411 e. The molecular weight excluding hydrogens is 294 g/mol. The smallest absolute Gasteiger partial charge is 0.335 e. The summed E-state index contributed by atoms with van der Waals surface area (Å²) in [6, 6.07) is -0.747. The molecule has 0 amide bonds. The van der Waals surface area contributed by atoms with E-state index in [0.717, 1.165) is 12.5 Å². The van der Waals surface area contributed by atoms with Gasteiger partial charge < -0.3 is 4.42 Å². The average molecular weight is 311 g/mol. The molecule has 1 rings (SSSR count). The lowest BCUT2D eigenvalue weighted by atomic mass is 10.0. The van der Waals surface area contributed by atoms with Crippen LogP contribution in [-0.2, 0) is 19.9 Å². The Morgan fingerprint density at radius 1 is 1.21 bits per heavy atom. The van der Waals surface area contributed by atoms with Crippen LogP contribution in [0.4, 0.5) is 0 Å². The SMILES string of the molecule is CC[C@@H](C)[C@H](NS(C)(=O)=O)c1nnc(S(C)(=O)=O)o1. The molecule has 1 aromatic rings. The molecule has 8 nitrogen and oxygen atoms in total. The zero-order valence-electron chi connectivity index (χ0n) is 11.1. The molecule has 110 valence electrons. The van der Waals surface area contributed by atoms with Crippen LogP contribution in [0.3, 0.4) is 0 Å². The van der Waals surface area contributed by atoms with Crippen LogP contribution in [-0.4, -0.2) is 39.5 Å². The van der Waals surface area contributed by atoms with Gasteiger partial charge in [-0.25, -0.2) is 21.6 Å². The molecule has 0 aliphatic rings. The third-order valence-electron chi connectivity index (χ3n) is 2.56. The highest BCUT2D eigenvalue weighted by atomic mass is 32.2. The molecular formula is C9H17N3O5S2. The number of nitrogens with zero attached hydrogens (tertiary/aromatic N) is 2. The number of sulfone groups is 1. The maximum atomic E-state index is 11.3. The number of aromatic nitrogens is 2. The second kappa shape index (κ2) is 5.55. The van der Waals surface area contributed by atoms with Gasteiger partial charge in [0.25, 0.3) is 0 Å². The van der Waals surface area contributed by atoms with Crippen molar-refractivity contribution < 1.29 is 21.3 Å². The van der Waals surface area contributed by atoms with Gasteiger partial charge in [0.1, 0.15) is 6.04 Å². The van der Waals surface area contributed by atoms with Crippen LogP contribution in [0.25, 0.3) is 0 Å². The normalized spacial score (nSPS) is 16.2.